The van der Waals surface area contributed by atoms with Crippen LogP contribution in [-0.2, 0) is 38.4 Å². The fraction of sp³-hybridized carbons (Fsp3) is 0.500. The Morgan fingerprint density at radius 2 is 2.00 bits per heavy atom. The molecule has 0 saturated heterocycles. The van der Waals surface area contributed by atoms with E-state index in [9.17, 15) is 14.4 Å². The molecule has 0 saturated carbocycles. The first kappa shape index (κ1) is 30.3. The number of carbonyl (C=O) groups is 3. The molecule has 2 amide bonds. The third kappa shape index (κ3) is 7.34. The molecule has 2 aromatic heterocycles. The van der Waals surface area contributed by atoms with Crippen LogP contribution in [0.2, 0.25) is 0 Å². The summed E-state index contributed by atoms with van der Waals surface area (Å²) in [6.45, 7) is 8.31. The molecule has 3 aromatic rings. The minimum absolute atomic E-state index is 0.0552. The molecule has 1 N–H and O–H groups in total. The largest absolute Gasteiger partial charge is 0.494 e. The van der Waals surface area contributed by atoms with E-state index in [0.29, 0.717) is 47.6 Å². The maximum Gasteiger partial charge on any atom is 0.341 e. The van der Waals surface area contributed by atoms with Crippen molar-refractivity contribution in [3.8, 4) is 5.75 Å². The van der Waals surface area contributed by atoms with E-state index in [2.05, 4.69) is 17.2 Å². The van der Waals surface area contributed by atoms with Crippen LogP contribution in [-0.4, -0.2) is 60.8 Å². The number of thioether (sulfide) groups is 1. The molecule has 0 radical (unpaired) electrons. The molecule has 1 aromatic carbocycles. The first-order chi connectivity index (χ1) is 19.3. The van der Waals surface area contributed by atoms with E-state index in [1.807, 2.05) is 36.6 Å². The van der Waals surface area contributed by atoms with E-state index in [-0.39, 0.29) is 23.3 Å². The third-order valence-corrected chi connectivity index (χ3v) is 9.59. The molecule has 9 nitrogen and oxygen atoms in total. The summed E-state index contributed by atoms with van der Waals surface area (Å²) in [5.41, 5.74) is 2.41. The number of rotatable bonds is 12. The van der Waals surface area contributed by atoms with Crippen molar-refractivity contribution in [2.24, 2.45) is 10.9 Å². The number of anilines is 1. The molecule has 1 aliphatic carbocycles. The Morgan fingerprint density at radius 1 is 1.18 bits per heavy atom. The molecule has 1 atom stereocenters. The van der Waals surface area contributed by atoms with Crippen LogP contribution < -0.4 is 14.9 Å². The Balaban J connectivity index is 1.42. The number of nitrogens with one attached hydrogen (secondary N) is 1. The average Bonchev–Trinajstić information content (AvgIpc) is 3.44. The van der Waals surface area contributed by atoms with Crippen molar-refractivity contribution in [2.45, 2.75) is 46.6 Å². The highest BCUT2D eigenvalue weighted by Gasteiger charge is 2.28. The topological polar surface area (TPSA) is 108 Å². The average molecular weight is 606 g/mol. The fourth-order valence-corrected chi connectivity index (χ4v) is 7.72. The fourth-order valence-electron chi connectivity index (χ4n) is 4.60. The molecule has 1 unspecified atom stereocenters. The molecule has 0 spiro atoms. The number of methoxy groups -OCH3 is 1. The maximum absolute atomic E-state index is 12.8. The highest BCUT2D eigenvalue weighted by molar-refractivity contribution is 8.00. The standard InChI is InChI=1S/C28H35N3O6S3/c1-5-36-12-11-31-20-10-8-18(37-6-2)14-22(20)40-28(31)30-24(33)16-38-15-23(32)29-26-25(27(34)35-4)19-9-7-17(3)13-21(19)39-26/h8,10,14,17H,5-7,9,11-13,15-16H2,1-4H3,(H,29,32). The molecule has 0 aliphatic heterocycles. The van der Waals surface area contributed by atoms with E-state index in [4.69, 9.17) is 14.2 Å². The molecular weight excluding hydrogens is 571 g/mol. The second-order valence-corrected chi connectivity index (χ2v) is 12.5. The van der Waals surface area contributed by atoms with Gasteiger partial charge in [-0.15, -0.1) is 23.1 Å². The van der Waals surface area contributed by atoms with Crippen molar-refractivity contribution in [2.75, 3.05) is 43.8 Å². The number of carbonyl (C=O) groups excluding carboxylic acids is 3. The number of amides is 2. The number of ether oxygens (including phenoxy) is 3. The van der Waals surface area contributed by atoms with Crippen LogP contribution >= 0.6 is 34.4 Å². The van der Waals surface area contributed by atoms with Crippen molar-refractivity contribution in [3.63, 3.8) is 0 Å². The van der Waals surface area contributed by atoms with Crippen LogP contribution in [0.25, 0.3) is 10.2 Å². The number of fused-ring (bicyclic) bond motifs is 2. The first-order valence-electron chi connectivity index (χ1n) is 13.4. The summed E-state index contributed by atoms with van der Waals surface area (Å²) < 4.78 is 19.1. The number of nitrogens with zero attached hydrogens (tertiary/aromatic N) is 2. The second kappa shape index (κ2) is 14.3. The summed E-state index contributed by atoms with van der Waals surface area (Å²) in [6.07, 6.45) is 2.69. The first-order valence-corrected chi connectivity index (χ1v) is 16.1. The van der Waals surface area contributed by atoms with Crippen LogP contribution in [0.15, 0.2) is 23.2 Å². The van der Waals surface area contributed by atoms with E-state index in [1.54, 1.807) is 0 Å². The number of esters is 1. The molecule has 1 aliphatic rings. The summed E-state index contributed by atoms with van der Waals surface area (Å²) in [5.74, 6) is 0.398. The second-order valence-electron chi connectivity index (χ2n) is 9.39. The Labute approximate surface area is 245 Å². The van der Waals surface area contributed by atoms with Crippen LogP contribution in [0.5, 0.6) is 5.75 Å². The van der Waals surface area contributed by atoms with Gasteiger partial charge in [-0.2, -0.15) is 4.99 Å². The SMILES string of the molecule is CCOCCn1c(=NC(=O)CSCC(=O)Nc2sc3c(c2C(=O)OC)CCC(C)C3)sc2cc(OCC)ccc21. The van der Waals surface area contributed by atoms with Gasteiger partial charge in [0.2, 0.25) is 5.91 Å². The molecule has 4 rings (SSSR count). The van der Waals surface area contributed by atoms with Crippen molar-refractivity contribution in [1.29, 1.82) is 0 Å². The van der Waals surface area contributed by atoms with Crippen molar-refractivity contribution < 1.29 is 28.6 Å². The summed E-state index contributed by atoms with van der Waals surface area (Å²) in [7, 11) is 1.35. The van der Waals surface area contributed by atoms with Gasteiger partial charge in [-0.1, -0.05) is 18.3 Å². The smallest absolute Gasteiger partial charge is 0.341 e. The monoisotopic (exact) mass is 605 g/mol. The van der Waals surface area contributed by atoms with Gasteiger partial charge < -0.3 is 24.1 Å². The van der Waals surface area contributed by atoms with E-state index < -0.39 is 5.97 Å². The van der Waals surface area contributed by atoms with Crippen molar-refractivity contribution in [3.05, 3.63) is 39.0 Å². The van der Waals surface area contributed by atoms with E-state index in [1.165, 1.54) is 41.5 Å². The van der Waals surface area contributed by atoms with Gasteiger partial charge in [-0.3, -0.25) is 9.59 Å². The predicted molar refractivity (Wildman–Crippen MR) is 161 cm³/mol. The van der Waals surface area contributed by atoms with Crippen molar-refractivity contribution >= 4 is 67.4 Å². The van der Waals surface area contributed by atoms with Crippen LogP contribution in [0.3, 0.4) is 0 Å². The van der Waals surface area contributed by atoms with E-state index >= 15 is 0 Å². The number of benzene rings is 1. The lowest BCUT2D eigenvalue weighted by Crippen LogP contribution is -2.20. The molecule has 0 bridgehead atoms. The number of thiazole rings is 1. The lowest BCUT2D eigenvalue weighted by molar-refractivity contribution is -0.115. The molecule has 216 valence electrons. The number of aromatic nitrogens is 1. The Morgan fingerprint density at radius 3 is 2.75 bits per heavy atom. The number of hydrogen-bond donors (Lipinski definition) is 1. The van der Waals surface area contributed by atoms with Crippen LogP contribution in [0, 0.1) is 5.92 Å². The quantitative estimate of drug-likeness (QED) is 0.231. The van der Waals surface area contributed by atoms with Crippen LogP contribution in [0.4, 0.5) is 5.00 Å². The minimum Gasteiger partial charge on any atom is -0.494 e. The van der Waals surface area contributed by atoms with Gasteiger partial charge in [-0.05, 0) is 62.8 Å². The summed E-state index contributed by atoms with van der Waals surface area (Å²) in [5, 5.41) is 3.41. The predicted octanol–water partition coefficient (Wildman–Crippen LogP) is 4.91. The molecule has 0 fully saturated rings. The normalized spacial score (nSPS) is 15.2. The molecule has 40 heavy (non-hydrogen) atoms. The highest BCUT2D eigenvalue weighted by atomic mass is 32.2. The number of thiophene rings is 1. The molecule has 12 heteroatoms. The molecule has 2 heterocycles. The lowest BCUT2D eigenvalue weighted by atomic mass is 9.88. The summed E-state index contributed by atoms with van der Waals surface area (Å²) in [4.78, 5) is 44.1. The van der Waals surface area contributed by atoms with Gasteiger partial charge in [0.15, 0.2) is 4.80 Å². The zero-order chi connectivity index (χ0) is 28.6. The summed E-state index contributed by atoms with van der Waals surface area (Å²) >= 11 is 4.06. The third-order valence-electron chi connectivity index (χ3n) is 6.46. The maximum atomic E-state index is 12.8. The van der Waals surface area contributed by atoms with Gasteiger partial charge in [0.1, 0.15) is 10.8 Å². The molecular formula is C28H35N3O6S3. The van der Waals surface area contributed by atoms with Gasteiger partial charge in [0.05, 0.1) is 47.6 Å². The lowest BCUT2D eigenvalue weighted by Gasteiger charge is -2.18. The van der Waals surface area contributed by atoms with Crippen LogP contribution in [0.1, 0.15) is 48.0 Å². The Hall–Kier alpha value is -2.67. The Bertz CT molecular complexity index is 1440. The minimum atomic E-state index is -0.432. The van der Waals surface area contributed by atoms with Gasteiger partial charge in [0.25, 0.3) is 5.91 Å². The summed E-state index contributed by atoms with van der Waals surface area (Å²) in [6, 6.07) is 5.83. The van der Waals surface area contributed by atoms with Gasteiger partial charge in [0, 0.05) is 18.0 Å². The zero-order valence-electron chi connectivity index (χ0n) is 23.2. The van der Waals surface area contributed by atoms with Gasteiger partial charge in [-0.25, -0.2) is 4.79 Å². The van der Waals surface area contributed by atoms with Crippen molar-refractivity contribution in [1.82, 2.24) is 4.57 Å². The zero-order valence-corrected chi connectivity index (χ0v) is 25.7. The Kier molecular flexibility index (Phi) is 10.8. The number of hydrogen-bond acceptors (Lipinski definition) is 9. The highest BCUT2D eigenvalue weighted by Crippen LogP contribution is 2.40. The van der Waals surface area contributed by atoms with Gasteiger partial charge >= 0.3 is 5.97 Å². The van der Waals surface area contributed by atoms with E-state index in [0.717, 1.165) is 45.7 Å².